The predicted molar refractivity (Wildman–Crippen MR) is 133 cm³/mol. The van der Waals surface area contributed by atoms with Gasteiger partial charge < -0.3 is 9.80 Å². The van der Waals surface area contributed by atoms with Gasteiger partial charge in [-0.15, -0.1) is 0 Å². The Hall–Kier alpha value is -2.44. The van der Waals surface area contributed by atoms with E-state index < -0.39 is 11.2 Å². The van der Waals surface area contributed by atoms with Gasteiger partial charge in [-0.2, -0.15) is 0 Å². The lowest BCUT2D eigenvalue weighted by Gasteiger charge is -2.40. The molecule has 2 aromatic rings. The van der Waals surface area contributed by atoms with Crippen molar-refractivity contribution < 1.29 is 9.18 Å². The molecule has 1 saturated heterocycles. The van der Waals surface area contributed by atoms with Gasteiger partial charge in [0.2, 0.25) is 0 Å². The van der Waals surface area contributed by atoms with Crippen LogP contribution in [-0.4, -0.2) is 60.4 Å². The molecular formula is C25H27Cl2FN4O. The Morgan fingerprint density at radius 3 is 2.55 bits per heavy atom. The monoisotopic (exact) mass is 488 g/mol. The molecule has 4 rings (SSSR count). The van der Waals surface area contributed by atoms with Crippen LogP contribution in [0.4, 0.5) is 10.2 Å². The standard InChI is InChI=1S/C25H27Cl2FN4O/c1-31(2)22-6-3-5-19(30-22)16-25(9-4-12-29-25)17-24(28)10-13-32(14-11-24)23(33)18-7-8-20(26)21(27)15-18/h3-9,12,15H,10-11,13-14,16-17H2,1-2H3. The van der Waals surface area contributed by atoms with Crippen LogP contribution in [0, 0.1) is 0 Å². The SMILES string of the molecule is CN(C)c1cccc(CC2(CC3(F)CCN(C(=O)c4ccc(Cl)c(Cl)c4)CC3)C=CC=N2)n1. The largest absolute Gasteiger partial charge is 0.363 e. The van der Waals surface area contributed by atoms with Crippen molar-refractivity contribution in [3.05, 3.63) is 69.9 Å². The Bertz CT molecular complexity index is 1080. The minimum atomic E-state index is -1.42. The number of nitrogens with zero attached hydrogens (tertiary/aromatic N) is 4. The number of anilines is 1. The summed E-state index contributed by atoms with van der Waals surface area (Å²) in [7, 11) is 3.89. The summed E-state index contributed by atoms with van der Waals surface area (Å²) in [5.74, 6) is 0.700. The quantitative estimate of drug-likeness (QED) is 0.545. The zero-order valence-corrected chi connectivity index (χ0v) is 20.3. The van der Waals surface area contributed by atoms with Gasteiger partial charge in [0.25, 0.3) is 5.91 Å². The molecule has 5 nitrogen and oxygen atoms in total. The van der Waals surface area contributed by atoms with E-state index in [1.54, 1.807) is 29.3 Å². The molecule has 0 bridgehead atoms. The van der Waals surface area contributed by atoms with Gasteiger partial charge in [-0.05, 0) is 49.2 Å². The van der Waals surface area contributed by atoms with Crippen LogP contribution in [0.5, 0.6) is 0 Å². The Morgan fingerprint density at radius 2 is 1.91 bits per heavy atom. The Morgan fingerprint density at radius 1 is 1.15 bits per heavy atom. The first-order valence-corrected chi connectivity index (χ1v) is 11.7. The molecule has 1 unspecified atom stereocenters. The highest BCUT2D eigenvalue weighted by atomic mass is 35.5. The van der Waals surface area contributed by atoms with Crippen molar-refractivity contribution >= 4 is 41.1 Å². The van der Waals surface area contributed by atoms with Crippen LogP contribution in [-0.2, 0) is 6.42 Å². The van der Waals surface area contributed by atoms with Gasteiger partial charge in [-0.1, -0.05) is 35.3 Å². The van der Waals surface area contributed by atoms with Crippen LogP contribution in [0.3, 0.4) is 0 Å². The van der Waals surface area contributed by atoms with E-state index >= 15 is 4.39 Å². The average Bonchev–Trinajstić information content (AvgIpc) is 3.23. The van der Waals surface area contributed by atoms with Crippen molar-refractivity contribution in [2.75, 3.05) is 32.1 Å². The van der Waals surface area contributed by atoms with Crippen LogP contribution in [0.2, 0.25) is 10.0 Å². The normalized spacial score (nSPS) is 21.4. The lowest BCUT2D eigenvalue weighted by Crippen LogP contribution is -2.48. The zero-order chi connectivity index (χ0) is 23.6. The molecule has 174 valence electrons. The van der Waals surface area contributed by atoms with E-state index in [1.807, 2.05) is 49.3 Å². The summed E-state index contributed by atoms with van der Waals surface area (Å²) < 4.78 is 16.0. The summed E-state index contributed by atoms with van der Waals surface area (Å²) in [4.78, 5) is 25.9. The number of pyridine rings is 1. The molecule has 1 atom stereocenters. The molecule has 1 aromatic heterocycles. The van der Waals surface area contributed by atoms with Crippen molar-refractivity contribution in [2.24, 2.45) is 4.99 Å². The number of rotatable bonds is 6. The molecule has 0 radical (unpaired) electrons. The molecular weight excluding hydrogens is 462 g/mol. The van der Waals surface area contributed by atoms with Gasteiger partial charge in [-0.25, -0.2) is 9.37 Å². The van der Waals surface area contributed by atoms with Crippen molar-refractivity contribution in [3.8, 4) is 0 Å². The highest BCUT2D eigenvalue weighted by Gasteiger charge is 2.44. The van der Waals surface area contributed by atoms with Crippen LogP contribution in [0.15, 0.2) is 53.5 Å². The molecule has 0 spiro atoms. The highest BCUT2D eigenvalue weighted by molar-refractivity contribution is 6.42. The molecule has 1 amide bonds. The van der Waals surface area contributed by atoms with E-state index in [0.717, 1.165) is 11.5 Å². The first-order valence-electron chi connectivity index (χ1n) is 11.0. The van der Waals surface area contributed by atoms with Crippen molar-refractivity contribution in [1.29, 1.82) is 0 Å². The Labute approximate surface area is 203 Å². The van der Waals surface area contributed by atoms with Crippen molar-refractivity contribution in [3.63, 3.8) is 0 Å². The first kappa shape index (κ1) is 23.7. The number of hydrogen-bond acceptors (Lipinski definition) is 4. The number of likely N-dealkylation sites (tertiary alicyclic amines) is 1. The van der Waals surface area contributed by atoms with Crippen molar-refractivity contribution in [2.45, 2.75) is 36.9 Å². The van der Waals surface area contributed by atoms with Crippen LogP contribution in [0.1, 0.15) is 35.3 Å². The molecule has 1 aromatic carbocycles. The minimum Gasteiger partial charge on any atom is -0.363 e. The molecule has 0 aliphatic carbocycles. The van der Waals surface area contributed by atoms with Crippen LogP contribution < -0.4 is 4.90 Å². The van der Waals surface area contributed by atoms with Gasteiger partial charge in [0.05, 0.1) is 15.6 Å². The maximum atomic E-state index is 16.0. The number of allylic oxidation sites excluding steroid dienone is 1. The van der Waals surface area contributed by atoms with E-state index in [0.29, 0.717) is 35.1 Å². The number of amides is 1. The highest BCUT2D eigenvalue weighted by Crippen LogP contribution is 2.40. The summed E-state index contributed by atoms with van der Waals surface area (Å²) in [5, 5.41) is 0.731. The number of aromatic nitrogens is 1. The average molecular weight is 489 g/mol. The summed E-state index contributed by atoms with van der Waals surface area (Å²) >= 11 is 12.0. The number of alkyl halides is 1. The van der Waals surface area contributed by atoms with Crippen molar-refractivity contribution in [1.82, 2.24) is 9.88 Å². The second kappa shape index (κ2) is 9.43. The fourth-order valence-electron chi connectivity index (χ4n) is 4.50. The van der Waals surface area contributed by atoms with E-state index in [2.05, 4.69) is 4.99 Å². The number of carbonyl (C=O) groups is 1. The fourth-order valence-corrected chi connectivity index (χ4v) is 4.80. The smallest absolute Gasteiger partial charge is 0.253 e. The number of halogens is 3. The molecule has 3 heterocycles. The Kier molecular flexibility index (Phi) is 6.78. The van der Waals surface area contributed by atoms with E-state index in [-0.39, 0.29) is 25.2 Å². The maximum Gasteiger partial charge on any atom is 0.253 e. The third-order valence-corrected chi connectivity index (χ3v) is 7.04. The summed E-state index contributed by atoms with van der Waals surface area (Å²) in [5.41, 5.74) is -0.745. The number of piperidine rings is 1. The minimum absolute atomic E-state index is 0.159. The number of benzene rings is 1. The molecule has 2 aliphatic rings. The second-order valence-corrected chi connectivity index (χ2v) is 9.86. The van der Waals surface area contributed by atoms with Crippen LogP contribution >= 0.6 is 23.2 Å². The third kappa shape index (κ3) is 5.39. The molecule has 0 saturated carbocycles. The summed E-state index contributed by atoms with van der Waals surface area (Å²) in [6.07, 6.45) is 6.90. The topological polar surface area (TPSA) is 48.8 Å². The van der Waals surface area contributed by atoms with Gasteiger partial charge >= 0.3 is 0 Å². The number of carbonyl (C=O) groups excluding carboxylic acids is 1. The number of aliphatic imine (C=N–C) groups is 1. The Balaban J connectivity index is 1.44. The van der Waals surface area contributed by atoms with E-state index in [4.69, 9.17) is 28.2 Å². The van der Waals surface area contributed by atoms with Gasteiger partial charge in [0.1, 0.15) is 11.5 Å². The van der Waals surface area contributed by atoms with Gasteiger partial charge in [-0.3, -0.25) is 9.79 Å². The lowest BCUT2D eigenvalue weighted by atomic mass is 9.78. The molecule has 1 fully saturated rings. The van der Waals surface area contributed by atoms with E-state index in [9.17, 15) is 4.79 Å². The zero-order valence-electron chi connectivity index (χ0n) is 18.8. The summed E-state index contributed by atoms with van der Waals surface area (Å²) in [6.45, 7) is 0.681. The maximum absolute atomic E-state index is 16.0. The molecule has 0 N–H and O–H groups in total. The van der Waals surface area contributed by atoms with Gasteiger partial charge in [0.15, 0.2) is 0 Å². The summed E-state index contributed by atoms with van der Waals surface area (Å²) in [6, 6.07) is 10.7. The second-order valence-electron chi connectivity index (χ2n) is 9.05. The van der Waals surface area contributed by atoms with Crippen LogP contribution in [0.25, 0.3) is 0 Å². The lowest BCUT2D eigenvalue weighted by molar-refractivity contribution is 0.0322. The third-order valence-electron chi connectivity index (χ3n) is 6.30. The molecule has 8 heteroatoms. The predicted octanol–water partition coefficient (Wildman–Crippen LogP) is 5.41. The van der Waals surface area contributed by atoms with Gasteiger partial charge in [0, 0.05) is 57.5 Å². The molecule has 33 heavy (non-hydrogen) atoms. The van der Waals surface area contributed by atoms with E-state index in [1.165, 1.54) is 0 Å². The first-order chi connectivity index (χ1) is 15.7. The molecule has 2 aliphatic heterocycles. The fraction of sp³-hybridized carbons (Fsp3) is 0.400. The number of hydrogen-bond donors (Lipinski definition) is 0.